The zero-order valence-corrected chi connectivity index (χ0v) is 7.64. The Hall–Kier alpha value is -0.890. The van der Waals surface area contributed by atoms with Gasteiger partial charge in [-0.1, -0.05) is 6.07 Å². The maximum Gasteiger partial charge on any atom is 0.255 e. The van der Waals surface area contributed by atoms with Gasteiger partial charge in [0.25, 0.3) is 5.24 Å². The molecule has 2 rings (SSSR count). The second-order valence-electron chi connectivity index (χ2n) is 3.29. The molecule has 0 spiro atoms. The molecule has 1 aromatic rings. The highest BCUT2D eigenvalue weighted by atomic mass is 35.5. The molecule has 1 fully saturated rings. The Morgan fingerprint density at radius 3 is 2.62 bits per heavy atom. The summed E-state index contributed by atoms with van der Waals surface area (Å²) in [6, 6.07) is 4.64. The smallest absolute Gasteiger partial charge is 0.255 e. The highest BCUT2D eigenvalue weighted by Gasteiger charge is 2.24. The van der Waals surface area contributed by atoms with Crippen LogP contribution < -0.4 is 0 Å². The number of rotatable bonds is 2. The lowest BCUT2D eigenvalue weighted by atomic mass is 10.1. The fourth-order valence-electron chi connectivity index (χ4n) is 1.36. The van der Waals surface area contributed by atoms with Crippen LogP contribution in [-0.2, 0) is 0 Å². The van der Waals surface area contributed by atoms with E-state index in [-0.39, 0.29) is 5.56 Å². The molecule has 3 heteroatoms. The minimum absolute atomic E-state index is 0.0360. The summed E-state index contributed by atoms with van der Waals surface area (Å²) < 4.78 is 13.2. The Morgan fingerprint density at radius 2 is 2.15 bits per heavy atom. The SMILES string of the molecule is O=C(Cl)c1ccc(C2CC2)cc1F. The Balaban J connectivity index is 2.36. The van der Waals surface area contributed by atoms with E-state index in [0.29, 0.717) is 5.92 Å². The molecule has 0 bridgehead atoms. The van der Waals surface area contributed by atoms with Crippen molar-refractivity contribution >= 4 is 16.8 Å². The second kappa shape index (κ2) is 3.11. The van der Waals surface area contributed by atoms with Gasteiger partial charge in [-0.05, 0) is 48.1 Å². The molecule has 0 unspecified atom stereocenters. The standard InChI is InChI=1S/C10H8ClFO/c11-10(13)8-4-3-7(5-9(8)12)6-1-2-6/h3-6H,1-2H2. The van der Waals surface area contributed by atoms with Gasteiger partial charge < -0.3 is 0 Å². The Bertz CT molecular complexity index is 358. The van der Waals surface area contributed by atoms with Crippen LogP contribution in [0, 0.1) is 5.82 Å². The average molecular weight is 199 g/mol. The maximum atomic E-state index is 13.2. The monoisotopic (exact) mass is 198 g/mol. The van der Waals surface area contributed by atoms with Gasteiger partial charge in [0.1, 0.15) is 5.82 Å². The molecular formula is C10H8ClFO. The van der Waals surface area contributed by atoms with Gasteiger partial charge in [-0.15, -0.1) is 0 Å². The van der Waals surface area contributed by atoms with E-state index in [2.05, 4.69) is 0 Å². The number of carbonyl (C=O) groups excluding carboxylic acids is 1. The van der Waals surface area contributed by atoms with Crippen LogP contribution in [0.1, 0.15) is 34.7 Å². The summed E-state index contributed by atoms with van der Waals surface area (Å²) in [6.45, 7) is 0. The van der Waals surface area contributed by atoms with Crippen LogP contribution in [0.4, 0.5) is 4.39 Å². The topological polar surface area (TPSA) is 17.1 Å². The van der Waals surface area contributed by atoms with Crippen molar-refractivity contribution in [2.24, 2.45) is 0 Å². The van der Waals surface area contributed by atoms with E-state index in [9.17, 15) is 9.18 Å². The van der Waals surface area contributed by atoms with E-state index < -0.39 is 11.1 Å². The van der Waals surface area contributed by atoms with Crippen molar-refractivity contribution in [3.8, 4) is 0 Å². The lowest BCUT2D eigenvalue weighted by Crippen LogP contribution is -1.95. The van der Waals surface area contributed by atoms with Crippen LogP contribution in [0.5, 0.6) is 0 Å². The van der Waals surface area contributed by atoms with E-state index >= 15 is 0 Å². The molecule has 0 aromatic heterocycles. The van der Waals surface area contributed by atoms with Gasteiger partial charge in [0, 0.05) is 0 Å². The summed E-state index contributed by atoms with van der Waals surface area (Å²) in [7, 11) is 0. The third-order valence-electron chi connectivity index (χ3n) is 2.25. The maximum absolute atomic E-state index is 13.2. The lowest BCUT2D eigenvalue weighted by molar-refractivity contribution is 0.107. The van der Waals surface area contributed by atoms with Crippen LogP contribution in [-0.4, -0.2) is 5.24 Å². The zero-order valence-electron chi connectivity index (χ0n) is 6.89. The van der Waals surface area contributed by atoms with Crippen molar-refractivity contribution in [1.82, 2.24) is 0 Å². The highest BCUT2D eigenvalue weighted by Crippen LogP contribution is 2.40. The quantitative estimate of drug-likeness (QED) is 0.668. The van der Waals surface area contributed by atoms with Gasteiger partial charge in [0.2, 0.25) is 0 Å². The molecule has 0 N–H and O–H groups in total. The second-order valence-corrected chi connectivity index (χ2v) is 3.63. The molecule has 1 aliphatic carbocycles. The molecule has 0 heterocycles. The van der Waals surface area contributed by atoms with E-state index in [1.165, 1.54) is 12.1 Å². The number of benzene rings is 1. The van der Waals surface area contributed by atoms with E-state index in [1.807, 2.05) is 0 Å². The molecule has 1 saturated carbocycles. The van der Waals surface area contributed by atoms with E-state index in [1.54, 1.807) is 6.07 Å². The summed E-state index contributed by atoms with van der Waals surface area (Å²) in [5.74, 6) is -0.0154. The molecule has 1 aliphatic rings. The Labute approximate surface area is 80.5 Å². The van der Waals surface area contributed by atoms with Crippen molar-refractivity contribution < 1.29 is 9.18 Å². The number of hydrogen-bond donors (Lipinski definition) is 0. The molecular weight excluding hydrogens is 191 g/mol. The van der Waals surface area contributed by atoms with Gasteiger partial charge in [-0.2, -0.15) is 0 Å². The van der Waals surface area contributed by atoms with Crippen LogP contribution in [0.15, 0.2) is 18.2 Å². The normalized spacial score (nSPS) is 15.8. The minimum Gasteiger partial charge on any atom is -0.275 e. The first-order valence-corrected chi connectivity index (χ1v) is 4.55. The van der Waals surface area contributed by atoms with Gasteiger partial charge in [-0.3, -0.25) is 4.79 Å². The molecule has 1 nitrogen and oxygen atoms in total. The Kier molecular flexibility index (Phi) is 2.08. The predicted molar refractivity (Wildman–Crippen MR) is 48.6 cm³/mol. The summed E-state index contributed by atoms with van der Waals surface area (Å²) in [5, 5.41) is -0.736. The molecule has 0 aliphatic heterocycles. The molecule has 0 atom stereocenters. The first kappa shape index (κ1) is 8.70. The summed E-state index contributed by atoms with van der Waals surface area (Å²) in [6.07, 6.45) is 2.24. The van der Waals surface area contributed by atoms with Crippen molar-refractivity contribution in [2.75, 3.05) is 0 Å². The van der Waals surface area contributed by atoms with Gasteiger partial charge in [0.05, 0.1) is 5.56 Å². The van der Waals surface area contributed by atoms with Crippen LogP contribution >= 0.6 is 11.6 Å². The van der Waals surface area contributed by atoms with E-state index in [0.717, 1.165) is 18.4 Å². The third-order valence-corrected chi connectivity index (χ3v) is 2.46. The molecule has 0 radical (unpaired) electrons. The average Bonchev–Trinajstić information content (AvgIpc) is 2.85. The van der Waals surface area contributed by atoms with Crippen molar-refractivity contribution in [2.45, 2.75) is 18.8 Å². The van der Waals surface area contributed by atoms with Crippen LogP contribution in [0.2, 0.25) is 0 Å². The van der Waals surface area contributed by atoms with E-state index in [4.69, 9.17) is 11.6 Å². The number of halogens is 2. The fraction of sp³-hybridized carbons (Fsp3) is 0.300. The fourth-order valence-corrected chi connectivity index (χ4v) is 1.51. The summed E-state index contributed by atoms with van der Waals surface area (Å²) >= 11 is 5.18. The number of hydrogen-bond acceptors (Lipinski definition) is 1. The highest BCUT2D eigenvalue weighted by molar-refractivity contribution is 6.67. The molecule has 13 heavy (non-hydrogen) atoms. The largest absolute Gasteiger partial charge is 0.275 e. The molecule has 68 valence electrons. The zero-order chi connectivity index (χ0) is 9.42. The lowest BCUT2D eigenvalue weighted by Gasteiger charge is -2.00. The Morgan fingerprint density at radius 1 is 1.46 bits per heavy atom. The first-order chi connectivity index (χ1) is 6.18. The summed E-state index contributed by atoms with van der Waals surface area (Å²) in [5.41, 5.74) is 0.935. The number of carbonyl (C=O) groups is 1. The van der Waals surface area contributed by atoms with Crippen LogP contribution in [0.25, 0.3) is 0 Å². The molecule has 0 amide bonds. The van der Waals surface area contributed by atoms with Crippen molar-refractivity contribution in [3.63, 3.8) is 0 Å². The predicted octanol–water partition coefficient (Wildman–Crippen LogP) is 3.08. The first-order valence-electron chi connectivity index (χ1n) is 4.18. The third kappa shape index (κ3) is 1.73. The molecule has 0 saturated heterocycles. The van der Waals surface area contributed by atoms with Gasteiger partial charge >= 0.3 is 0 Å². The minimum atomic E-state index is -0.736. The van der Waals surface area contributed by atoms with Gasteiger partial charge in [0.15, 0.2) is 0 Å². The molecule has 1 aromatic carbocycles. The van der Waals surface area contributed by atoms with Crippen molar-refractivity contribution in [3.05, 3.63) is 35.1 Å². The van der Waals surface area contributed by atoms with Crippen molar-refractivity contribution in [1.29, 1.82) is 0 Å². The van der Waals surface area contributed by atoms with Crippen LogP contribution in [0.3, 0.4) is 0 Å². The summed E-state index contributed by atoms with van der Waals surface area (Å²) in [4.78, 5) is 10.7. The van der Waals surface area contributed by atoms with Gasteiger partial charge in [-0.25, -0.2) is 4.39 Å².